The lowest BCUT2D eigenvalue weighted by Crippen LogP contribution is -2.37. The third kappa shape index (κ3) is 4.58. The Balaban J connectivity index is 1.60. The normalized spacial score (nSPS) is 15.4. The Morgan fingerprint density at radius 3 is 2.74 bits per heavy atom. The first kappa shape index (κ1) is 19.2. The van der Waals surface area contributed by atoms with Crippen LogP contribution in [0.5, 0.6) is 0 Å². The van der Waals surface area contributed by atoms with Gasteiger partial charge in [0.1, 0.15) is 5.03 Å². The van der Waals surface area contributed by atoms with E-state index in [9.17, 15) is 14.4 Å². The molecule has 1 fully saturated rings. The van der Waals surface area contributed by atoms with Gasteiger partial charge in [-0.1, -0.05) is 30.3 Å². The molecule has 1 saturated heterocycles. The second-order valence-electron chi connectivity index (χ2n) is 5.56. The summed E-state index contributed by atoms with van der Waals surface area (Å²) in [6.07, 6.45) is 5.17. The number of carbonyl (C=O) groups is 3. The number of nitrogens with zero attached hydrogens (tertiary/aromatic N) is 2. The smallest absolute Gasteiger partial charge is 0.293 e. The van der Waals surface area contributed by atoms with Gasteiger partial charge in [-0.2, -0.15) is 0 Å². The van der Waals surface area contributed by atoms with Crippen molar-refractivity contribution in [2.24, 2.45) is 0 Å². The van der Waals surface area contributed by atoms with E-state index < -0.39 is 0 Å². The van der Waals surface area contributed by atoms with E-state index in [0.29, 0.717) is 15.5 Å². The SMILES string of the molecule is CSc1ncccc1C(=O)NCCN1C(=O)S/C(=C/c2ccccc2)C1=O. The molecule has 2 aromatic rings. The van der Waals surface area contributed by atoms with Gasteiger partial charge in [-0.25, -0.2) is 4.98 Å². The Morgan fingerprint density at radius 1 is 1.22 bits per heavy atom. The summed E-state index contributed by atoms with van der Waals surface area (Å²) >= 11 is 2.29. The monoisotopic (exact) mass is 399 g/mol. The fraction of sp³-hybridized carbons (Fsp3) is 0.158. The second kappa shape index (κ2) is 8.88. The van der Waals surface area contributed by atoms with E-state index in [-0.39, 0.29) is 30.1 Å². The van der Waals surface area contributed by atoms with Gasteiger partial charge in [0.2, 0.25) is 0 Å². The zero-order chi connectivity index (χ0) is 19.2. The highest BCUT2D eigenvalue weighted by molar-refractivity contribution is 8.18. The molecule has 0 bridgehead atoms. The minimum atomic E-state index is -0.339. The molecule has 138 valence electrons. The van der Waals surface area contributed by atoms with Crippen LogP contribution in [0, 0.1) is 0 Å². The summed E-state index contributed by atoms with van der Waals surface area (Å²) in [5, 5.41) is 3.04. The van der Waals surface area contributed by atoms with Gasteiger partial charge in [-0.05, 0) is 41.8 Å². The molecule has 27 heavy (non-hydrogen) atoms. The summed E-state index contributed by atoms with van der Waals surface area (Å²) in [7, 11) is 0. The lowest BCUT2D eigenvalue weighted by atomic mass is 10.2. The van der Waals surface area contributed by atoms with Crippen LogP contribution in [0.1, 0.15) is 15.9 Å². The number of nitrogens with one attached hydrogen (secondary N) is 1. The quantitative estimate of drug-likeness (QED) is 0.593. The molecule has 0 unspecified atom stereocenters. The minimum Gasteiger partial charge on any atom is -0.350 e. The Hall–Kier alpha value is -2.58. The van der Waals surface area contributed by atoms with Crippen molar-refractivity contribution in [1.29, 1.82) is 0 Å². The van der Waals surface area contributed by atoms with Crippen LogP contribution in [-0.2, 0) is 4.79 Å². The molecular formula is C19H17N3O3S2. The Kier molecular flexibility index (Phi) is 6.31. The van der Waals surface area contributed by atoms with E-state index >= 15 is 0 Å². The van der Waals surface area contributed by atoms with Crippen LogP contribution in [0.3, 0.4) is 0 Å². The number of thioether (sulfide) groups is 2. The van der Waals surface area contributed by atoms with Crippen molar-refractivity contribution >= 4 is 46.7 Å². The van der Waals surface area contributed by atoms with E-state index in [0.717, 1.165) is 22.2 Å². The Bertz CT molecular complexity index is 900. The Morgan fingerprint density at radius 2 is 2.00 bits per heavy atom. The number of hydrogen-bond acceptors (Lipinski definition) is 6. The third-order valence-electron chi connectivity index (χ3n) is 3.80. The van der Waals surface area contributed by atoms with Crippen LogP contribution in [0.4, 0.5) is 4.79 Å². The first-order valence-corrected chi connectivity index (χ1v) is 10.2. The van der Waals surface area contributed by atoms with Crippen molar-refractivity contribution in [1.82, 2.24) is 15.2 Å². The minimum absolute atomic E-state index is 0.122. The maximum absolute atomic E-state index is 12.5. The van der Waals surface area contributed by atoms with Crippen LogP contribution in [0.2, 0.25) is 0 Å². The summed E-state index contributed by atoms with van der Waals surface area (Å²) in [5.41, 5.74) is 1.33. The van der Waals surface area contributed by atoms with E-state index in [1.54, 1.807) is 24.4 Å². The molecule has 2 heterocycles. The van der Waals surface area contributed by atoms with Crippen LogP contribution in [-0.4, -0.2) is 46.3 Å². The number of hydrogen-bond donors (Lipinski definition) is 1. The molecule has 1 aliphatic rings. The molecule has 0 aliphatic carbocycles. The predicted octanol–water partition coefficient (Wildman–Crippen LogP) is 3.27. The summed E-state index contributed by atoms with van der Waals surface area (Å²) in [4.78, 5) is 42.6. The maximum atomic E-state index is 12.5. The number of amides is 3. The highest BCUT2D eigenvalue weighted by atomic mass is 32.2. The van der Waals surface area contributed by atoms with E-state index in [2.05, 4.69) is 10.3 Å². The van der Waals surface area contributed by atoms with Gasteiger partial charge in [0.15, 0.2) is 0 Å². The van der Waals surface area contributed by atoms with Gasteiger partial charge < -0.3 is 5.32 Å². The van der Waals surface area contributed by atoms with Crippen molar-refractivity contribution in [3.63, 3.8) is 0 Å². The van der Waals surface area contributed by atoms with E-state index in [1.807, 2.05) is 36.6 Å². The molecule has 1 N–H and O–H groups in total. The van der Waals surface area contributed by atoms with Crippen LogP contribution in [0.25, 0.3) is 6.08 Å². The second-order valence-corrected chi connectivity index (χ2v) is 7.35. The third-order valence-corrected chi connectivity index (χ3v) is 5.42. The zero-order valence-electron chi connectivity index (χ0n) is 14.5. The fourth-order valence-electron chi connectivity index (χ4n) is 2.50. The molecule has 3 rings (SSSR count). The number of pyridine rings is 1. The lowest BCUT2D eigenvalue weighted by molar-refractivity contribution is -0.122. The Labute approximate surface area is 165 Å². The summed E-state index contributed by atoms with van der Waals surface area (Å²) in [6.45, 7) is 0.301. The molecule has 3 amide bonds. The van der Waals surface area contributed by atoms with Crippen LogP contribution >= 0.6 is 23.5 Å². The average molecular weight is 399 g/mol. The van der Waals surface area contributed by atoms with Gasteiger partial charge in [-0.15, -0.1) is 11.8 Å². The molecule has 8 heteroatoms. The topological polar surface area (TPSA) is 79.4 Å². The van der Waals surface area contributed by atoms with Crippen molar-refractivity contribution in [3.8, 4) is 0 Å². The lowest BCUT2D eigenvalue weighted by Gasteiger charge is -2.13. The average Bonchev–Trinajstić information content (AvgIpc) is 2.96. The maximum Gasteiger partial charge on any atom is 0.293 e. The van der Waals surface area contributed by atoms with Gasteiger partial charge in [-0.3, -0.25) is 19.3 Å². The van der Waals surface area contributed by atoms with Gasteiger partial charge >= 0.3 is 0 Å². The van der Waals surface area contributed by atoms with Crippen molar-refractivity contribution in [2.45, 2.75) is 5.03 Å². The van der Waals surface area contributed by atoms with Crippen LogP contribution in [0.15, 0.2) is 58.6 Å². The zero-order valence-corrected chi connectivity index (χ0v) is 16.2. The number of carbonyl (C=O) groups excluding carboxylic acids is 3. The van der Waals surface area contributed by atoms with Crippen molar-refractivity contribution in [2.75, 3.05) is 19.3 Å². The van der Waals surface area contributed by atoms with E-state index in [4.69, 9.17) is 0 Å². The van der Waals surface area contributed by atoms with Crippen molar-refractivity contribution in [3.05, 3.63) is 64.7 Å². The standard InChI is InChI=1S/C19H17N3O3S2/c1-26-17-14(8-5-9-21-17)16(23)20-10-11-22-18(24)15(27-19(22)25)12-13-6-3-2-4-7-13/h2-9,12H,10-11H2,1H3,(H,20,23)/b15-12+. The highest BCUT2D eigenvalue weighted by Gasteiger charge is 2.34. The molecule has 1 aromatic carbocycles. The summed E-state index contributed by atoms with van der Waals surface area (Å²) in [5.74, 6) is -0.617. The number of aromatic nitrogens is 1. The van der Waals surface area contributed by atoms with E-state index in [1.165, 1.54) is 11.8 Å². The molecule has 0 atom stereocenters. The number of imide groups is 1. The molecule has 6 nitrogen and oxygen atoms in total. The largest absolute Gasteiger partial charge is 0.350 e. The molecular weight excluding hydrogens is 382 g/mol. The molecule has 1 aromatic heterocycles. The number of benzene rings is 1. The van der Waals surface area contributed by atoms with Gasteiger partial charge in [0.05, 0.1) is 10.5 Å². The summed E-state index contributed by atoms with van der Waals surface area (Å²) in [6, 6.07) is 12.7. The molecule has 1 aliphatic heterocycles. The fourth-order valence-corrected chi connectivity index (χ4v) is 3.91. The van der Waals surface area contributed by atoms with Gasteiger partial charge in [0, 0.05) is 19.3 Å². The van der Waals surface area contributed by atoms with Crippen LogP contribution < -0.4 is 5.32 Å². The molecule has 0 spiro atoms. The summed E-state index contributed by atoms with van der Waals surface area (Å²) < 4.78 is 0. The van der Waals surface area contributed by atoms with Gasteiger partial charge in [0.25, 0.3) is 17.1 Å². The molecule has 0 radical (unpaired) electrons. The number of rotatable bonds is 6. The molecule has 0 saturated carbocycles. The predicted molar refractivity (Wildman–Crippen MR) is 107 cm³/mol. The first-order chi connectivity index (χ1) is 13.1. The van der Waals surface area contributed by atoms with Crippen molar-refractivity contribution < 1.29 is 14.4 Å². The highest BCUT2D eigenvalue weighted by Crippen LogP contribution is 2.31. The first-order valence-electron chi connectivity index (χ1n) is 8.18.